The van der Waals surface area contributed by atoms with E-state index in [-0.39, 0.29) is 23.8 Å². The van der Waals surface area contributed by atoms with Crippen LogP contribution in [0.3, 0.4) is 0 Å². The van der Waals surface area contributed by atoms with Gasteiger partial charge < -0.3 is 14.7 Å². The Morgan fingerprint density at radius 1 is 1.41 bits per heavy atom. The van der Waals surface area contributed by atoms with E-state index in [1.807, 2.05) is 27.7 Å². The van der Waals surface area contributed by atoms with Crippen LogP contribution in [0.4, 0.5) is 0 Å². The third-order valence-electron chi connectivity index (χ3n) is 3.51. The molecule has 1 aromatic heterocycles. The Hall–Kier alpha value is -1.50. The Labute approximate surface area is 135 Å². The number of carbonyl (C=O) groups is 2. The first-order chi connectivity index (χ1) is 10.2. The Morgan fingerprint density at radius 2 is 2.09 bits per heavy atom. The number of thioether (sulfide) groups is 1. The van der Waals surface area contributed by atoms with E-state index in [4.69, 9.17) is 4.52 Å². The Morgan fingerprint density at radius 3 is 2.64 bits per heavy atom. The first-order valence-electron chi connectivity index (χ1n) is 7.30. The predicted molar refractivity (Wildman–Crippen MR) is 85.5 cm³/mol. The van der Waals surface area contributed by atoms with Gasteiger partial charge in [0.15, 0.2) is 0 Å². The minimum absolute atomic E-state index is 0.0616. The summed E-state index contributed by atoms with van der Waals surface area (Å²) in [5.74, 6) is 1.69. The molecule has 6 nitrogen and oxygen atoms in total. The van der Waals surface area contributed by atoms with Crippen LogP contribution in [0.25, 0.3) is 0 Å². The summed E-state index contributed by atoms with van der Waals surface area (Å²) in [6, 6.07) is -0.405. The zero-order chi connectivity index (χ0) is 16.5. The lowest BCUT2D eigenvalue weighted by molar-refractivity contribution is -0.138. The lowest BCUT2D eigenvalue weighted by Crippen LogP contribution is -2.52. The molecule has 1 saturated heterocycles. The lowest BCUT2D eigenvalue weighted by atomic mass is 10.1. The van der Waals surface area contributed by atoms with E-state index in [0.717, 1.165) is 11.3 Å². The van der Waals surface area contributed by atoms with Crippen LogP contribution in [0.5, 0.6) is 0 Å². The fraction of sp³-hybridized carbons (Fsp3) is 0.667. The van der Waals surface area contributed by atoms with Gasteiger partial charge >= 0.3 is 0 Å². The smallest absolute Gasteiger partial charge is 0.244 e. The molecule has 22 heavy (non-hydrogen) atoms. The van der Waals surface area contributed by atoms with Crippen molar-refractivity contribution in [1.82, 2.24) is 15.4 Å². The highest BCUT2D eigenvalue weighted by molar-refractivity contribution is 7.99. The zero-order valence-electron chi connectivity index (χ0n) is 13.7. The molecule has 0 bridgehead atoms. The van der Waals surface area contributed by atoms with E-state index in [9.17, 15) is 9.59 Å². The van der Waals surface area contributed by atoms with Crippen LogP contribution in [0, 0.1) is 13.8 Å². The molecular weight excluding hydrogens is 302 g/mol. The van der Waals surface area contributed by atoms with E-state index in [1.54, 1.807) is 23.6 Å². The second kappa shape index (κ2) is 6.32. The van der Waals surface area contributed by atoms with Crippen LogP contribution in [0.2, 0.25) is 0 Å². The molecule has 0 spiro atoms. The maximum atomic E-state index is 12.6. The molecule has 2 rings (SSSR count). The van der Waals surface area contributed by atoms with Gasteiger partial charge in [0, 0.05) is 16.9 Å². The Balaban J connectivity index is 2.07. The quantitative estimate of drug-likeness (QED) is 0.914. The van der Waals surface area contributed by atoms with Gasteiger partial charge in [-0.05, 0) is 34.6 Å². The third-order valence-corrected chi connectivity index (χ3v) is 4.52. The summed E-state index contributed by atoms with van der Waals surface area (Å²) in [7, 11) is 0. The largest absolute Gasteiger partial charge is 0.361 e. The molecule has 1 fully saturated rings. The minimum atomic E-state index is -0.405. The highest BCUT2D eigenvalue weighted by atomic mass is 32.2. The van der Waals surface area contributed by atoms with Crippen molar-refractivity contribution in [2.75, 3.05) is 11.6 Å². The van der Waals surface area contributed by atoms with Crippen LogP contribution in [0.1, 0.15) is 37.8 Å². The summed E-state index contributed by atoms with van der Waals surface area (Å²) in [6.07, 6.45) is 0.223. The van der Waals surface area contributed by atoms with Gasteiger partial charge in [-0.3, -0.25) is 9.59 Å². The molecule has 0 saturated carbocycles. The number of nitrogens with one attached hydrogen (secondary N) is 1. The molecule has 0 aromatic carbocycles. The standard InChI is InChI=1S/C15H23N3O3S/c1-9-11(10(2)21-17-9)6-13(19)18-8-22-7-12(18)14(20)16-15(3,4)5/h12H,6-8H2,1-5H3,(H,16,20)/t12-/m1/s1. The maximum Gasteiger partial charge on any atom is 0.244 e. The molecule has 1 atom stereocenters. The molecule has 2 amide bonds. The van der Waals surface area contributed by atoms with Gasteiger partial charge in [-0.2, -0.15) is 0 Å². The molecule has 0 aliphatic carbocycles. The summed E-state index contributed by atoms with van der Waals surface area (Å²) in [4.78, 5) is 26.6. The van der Waals surface area contributed by atoms with Crippen molar-refractivity contribution in [2.45, 2.75) is 52.6 Å². The van der Waals surface area contributed by atoms with Crippen molar-refractivity contribution in [3.05, 3.63) is 17.0 Å². The van der Waals surface area contributed by atoms with Crippen LogP contribution in [0.15, 0.2) is 4.52 Å². The van der Waals surface area contributed by atoms with Crippen LogP contribution in [-0.4, -0.2) is 45.1 Å². The van der Waals surface area contributed by atoms with E-state index in [0.29, 0.717) is 17.4 Å². The van der Waals surface area contributed by atoms with Gasteiger partial charge in [-0.15, -0.1) is 11.8 Å². The van der Waals surface area contributed by atoms with Gasteiger partial charge in [0.1, 0.15) is 11.8 Å². The minimum Gasteiger partial charge on any atom is -0.361 e. The fourth-order valence-corrected chi connectivity index (χ4v) is 3.55. The average Bonchev–Trinajstić information content (AvgIpc) is 2.98. The van der Waals surface area contributed by atoms with Crippen molar-refractivity contribution in [3.63, 3.8) is 0 Å². The van der Waals surface area contributed by atoms with Gasteiger partial charge in [-0.25, -0.2) is 0 Å². The average molecular weight is 325 g/mol. The van der Waals surface area contributed by atoms with Crippen molar-refractivity contribution in [1.29, 1.82) is 0 Å². The molecule has 1 aliphatic rings. The number of hydrogen-bond donors (Lipinski definition) is 1. The predicted octanol–water partition coefficient (Wildman–Crippen LogP) is 1.65. The number of carbonyl (C=O) groups excluding carboxylic acids is 2. The number of aromatic nitrogens is 1. The lowest BCUT2D eigenvalue weighted by Gasteiger charge is -2.27. The topological polar surface area (TPSA) is 75.4 Å². The van der Waals surface area contributed by atoms with Crippen molar-refractivity contribution in [3.8, 4) is 0 Å². The van der Waals surface area contributed by atoms with E-state index in [2.05, 4.69) is 10.5 Å². The third kappa shape index (κ3) is 3.82. The first-order valence-corrected chi connectivity index (χ1v) is 8.45. The van der Waals surface area contributed by atoms with Crippen LogP contribution >= 0.6 is 11.8 Å². The molecule has 7 heteroatoms. The summed E-state index contributed by atoms with van der Waals surface area (Å²) >= 11 is 1.60. The second-order valence-corrected chi connectivity index (χ2v) is 7.60. The number of rotatable bonds is 3. The van der Waals surface area contributed by atoms with Gasteiger partial charge in [0.2, 0.25) is 11.8 Å². The summed E-state index contributed by atoms with van der Waals surface area (Å²) in [5.41, 5.74) is 1.24. The van der Waals surface area contributed by atoms with Crippen molar-refractivity contribution in [2.24, 2.45) is 0 Å². The van der Waals surface area contributed by atoms with E-state index >= 15 is 0 Å². The number of aryl methyl sites for hydroxylation is 2. The normalized spacial score (nSPS) is 18.6. The summed E-state index contributed by atoms with van der Waals surface area (Å²) < 4.78 is 5.09. The van der Waals surface area contributed by atoms with E-state index < -0.39 is 6.04 Å². The monoisotopic (exact) mass is 325 g/mol. The number of nitrogens with zero attached hydrogens (tertiary/aromatic N) is 2. The SMILES string of the molecule is Cc1noc(C)c1CC(=O)N1CSC[C@@H]1C(=O)NC(C)(C)C. The summed E-state index contributed by atoms with van der Waals surface area (Å²) in [5, 5.41) is 6.82. The number of hydrogen-bond acceptors (Lipinski definition) is 5. The Bertz CT molecular complexity index is 558. The molecule has 1 aromatic rings. The van der Waals surface area contributed by atoms with Gasteiger partial charge in [-0.1, -0.05) is 5.16 Å². The van der Waals surface area contributed by atoms with Gasteiger partial charge in [0.05, 0.1) is 18.0 Å². The van der Waals surface area contributed by atoms with Gasteiger partial charge in [0.25, 0.3) is 0 Å². The molecule has 2 heterocycles. The molecule has 0 radical (unpaired) electrons. The molecular formula is C15H23N3O3S. The zero-order valence-corrected chi connectivity index (χ0v) is 14.5. The molecule has 122 valence electrons. The van der Waals surface area contributed by atoms with Crippen molar-refractivity contribution >= 4 is 23.6 Å². The molecule has 1 N–H and O–H groups in total. The molecule has 0 unspecified atom stereocenters. The first kappa shape index (κ1) is 16.9. The van der Waals surface area contributed by atoms with Crippen molar-refractivity contribution < 1.29 is 14.1 Å². The highest BCUT2D eigenvalue weighted by Crippen LogP contribution is 2.24. The summed E-state index contributed by atoms with van der Waals surface area (Å²) in [6.45, 7) is 9.42. The highest BCUT2D eigenvalue weighted by Gasteiger charge is 2.36. The fourth-order valence-electron chi connectivity index (χ4n) is 2.37. The van der Waals surface area contributed by atoms with E-state index in [1.165, 1.54) is 0 Å². The number of amides is 2. The van der Waals surface area contributed by atoms with Crippen LogP contribution in [-0.2, 0) is 16.0 Å². The second-order valence-electron chi connectivity index (χ2n) is 6.60. The maximum absolute atomic E-state index is 12.6. The van der Waals surface area contributed by atoms with Crippen LogP contribution < -0.4 is 5.32 Å². The molecule has 1 aliphatic heterocycles. The Kier molecular flexibility index (Phi) is 4.84.